The summed E-state index contributed by atoms with van der Waals surface area (Å²) >= 11 is 1.60. The highest BCUT2D eigenvalue weighted by Crippen LogP contribution is 2.27. The van der Waals surface area contributed by atoms with Gasteiger partial charge in [0.2, 0.25) is 0 Å². The Morgan fingerprint density at radius 1 is 1.38 bits per heavy atom. The molecule has 3 unspecified atom stereocenters. The molecule has 3 atom stereocenters. The molecular weight excluding hydrogens is 286 g/mol. The molecule has 0 amide bonds. The first-order valence-corrected chi connectivity index (χ1v) is 8.28. The van der Waals surface area contributed by atoms with Crippen LogP contribution in [0.2, 0.25) is 0 Å². The van der Waals surface area contributed by atoms with Crippen LogP contribution in [0.1, 0.15) is 32.8 Å². The number of ether oxygens (including phenoxy) is 1. The molecule has 3 N–H and O–H groups in total. The van der Waals surface area contributed by atoms with E-state index in [1.165, 1.54) is 0 Å². The van der Waals surface area contributed by atoms with Crippen molar-refractivity contribution in [2.75, 3.05) is 12.4 Å². The van der Waals surface area contributed by atoms with Crippen molar-refractivity contribution >= 4 is 17.7 Å². The van der Waals surface area contributed by atoms with Crippen molar-refractivity contribution in [2.24, 2.45) is 5.73 Å². The lowest BCUT2D eigenvalue weighted by atomic mass is 9.88. The van der Waals surface area contributed by atoms with Crippen LogP contribution >= 0.6 is 11.8 Å². The molecule has 21 heavy (non-hydrogen) atoms. The van der Waals surface area contributed by atoms with Gasteiger partial charge < -0.3 is 15.6 Å². The molecule has 0 aliphatic heterocycles. The average molecular weight is 311 g/mol. The maximum atomic E-state index is 12.3. The van der Waals surface area contributed by atoms with Crippen LogP contribution in [0.5, 0.6) is 0 Å². The summed E-state index contributed by atoms with van der Waals surface area (Å²) in [5, 5.41) is 9.62. The monoisotopic (exact) mass is 311 g/mol. The zero-order valence-electron chi connectivity index (χ0n) is 12.9. The van der Waals surface area contributed by atoms with E-state index in [4.69, 9.17) is 10.5 Å². The number of nitrogens with two attached hydrogens (primary N) is 1. The first-order valence-electron chi connectivity index (χ1n) is 7.23. The SMILES string of the molecule is CCOC(=O)C(N)(CCSC(C)C(C)O)c1ccccc1. The van der Waals surface area contributed by atoms with Crippen LogP contribution in [0.25, 0.3) is 0 Å². The second-order valence-electron chi connectivity index (χ2n) is 5.12. The van der Waals surface area contributed by atoms with Gasteiger partial charge in [-0.15, -0.1) is 0 Å². The van der Waals surface area contributed by atoms with Crippen LogP contribution in [0.3, 0.4) is 0 Å². The number of rotatable bonds is 8. The lowest BCUT2D eigenvalue weighted by Crippen LogP contribution is -2.46. The number of carbonyl (C=O) groups excluding carboxylic acids is 1. The minimum Gasteiger partial charge on any atom is -0.464 e. The third-order valence-electron chi connectivity index (χ3n) is 3.49. The predicted octanol–water partition coefficient (Wildman–Crippen LogP) is 2.30. The maximum Gasteiger partial charge on any atom is 0.330 e. The van der Waals surface area contributed by atoms with E-state index in [0.29, 0.717) is 18.8 Å². The number of aliphatic hydroxyl groups is 1. The Morgan fingerprint density at radius 2 is 2.00 bits per heavy atom. The zero-order chi connectivity index (χ0) is 15.9. The first-order chi connectivity index (χ1) is 9.91. The molecule has 0 saturated heterocycles. The maximum absolute atomic E-state index is 12.3. The summed E-state index contributed by atoms with van der Waals surface area (Å²) in [6, 6.07) is 9.31. The van der Waals surface area contributed by atoms with Gasteiger partial charge in [-0.25, -0.2) is 4.79 Å². The molecule has 0 radical (unpaired) electrons. The van der Waals surface area contributed by atoms with Crippen molar-refractivity contribution in [1.29, 1.82) is 0 Å². The molecule has 5 heteroatoms. The topological polar surface area (TPSA) is 72.5 Å². The van der Waals surface area contributed by atoms with Crippen molar-refractivity contribution in [3.8, 4) is 0 Å². The fourth-order valence-corrected chi connectivity index (χ4v) is 2.99. The Bertz CT molecular complexity index is 438. The minimum atomic E-state index is -1.14. The fraction of sp³-hybridized carbons (Fsp3) is 0.562. The highest BCUT2D eigenvalue weighted by Gasteiger charge is 2.37. The highest BCUT2D eigenvalue weighted by molar-refractivity contribution is 7.99. The summed E-state index contributed by atoms with van der Waals surface area (Å²) in [4.78, 5) is 12.3. The Labute approximate surface area is 131 Å². The van der Waals surface area contributed by atoms with E-state index in [9.17, 15) is 9.90 Å². The fourth-order valence-electron chi connectivity index (χ4n) is 1.90. The Balaban J connectivity index is 2.81. The molecule has 0 aliphatic carbocycles. The third kappa shape index (κ3) is 5.02. The van der Waals surface area contributed by atoms with Gasteiger partial charge >= 0.3 is 5.97 Å². The van der Waals surface area contributed by atoms with Crippen molar-refractivity contribution in [2.45, 2.75) is 44.1 Å². The molecule has 0 heterocycles. The van der Waals surface area contributed by atoms with Crippen molar-refractivity contribution in [3.63, 3.8) is 0 Å². The predicted molar refractivity (Wildman–Crippen MR) is 87.2 cm³/mol. The lowest BCUT2D eigenvalue weighted by molar-refractivity contribution is -0.150. The second-order valence-corrected chi connectivity index (χ2v) is 6.61. The van der Waals surface area contributed by atoms with E-state index in [2.05, 4.69) is 0 Å². The van der Waals surface area contributed by atoms with Gasteiger partial charge in [-0.3, -0.25) is 0 Å². The summed E-state index contributed by atoms with van der Waals surface area (Å²) < 4.78 is 5.14. The smallest absolute Gasteiger partial charge is 0.330 e. The van der Waals surface area contributed by atoms with Crippen molar-refractivity contribution in [3.05, 3.63) is 35.9 Å². The van der Waals surface area contributed by atoms with Crippen LogP contribution in [0, 0.1) is 0 Å². The van der Waals surface area contributed by atoms with E-state index >= 15 is 0 Å². The molecule has 118 valence electrons. The van der Waals surface area contributed by atoms with E-state index in [-0.39, 0.29) is 11.4 Å². The van der Waals surface area contributed by atoms with Gasteiger partial charge in [0.1, 0.15) is 5.54 Å². The van der Waals surface area contributed by atoms with Crippen LogP contribution in [-0.4, -0.2) is 34.8 Å². The number of benzene rings is 1. The summed E-state index contributed by atoms with van der Waals surface area (Å²) in [5.41, 5.74) is 5.98. The van der Waals surface area contributed by atoms with Gasteiger partial charge in [0.15, 0.2) is 0 Å². The van der Waals surface area contributed by atoms with Crippen molar-refractivity contribution < 1.29 is 14.6 Å². The molecule has 1 rings (SSSR count). The van der Waals surface area contributed by atoms with Crippen molar-refractivity contribution in [1.82, 2.24) is 0 Å². The minimum absolute atomic E-state index is 0.104. The van der Waals surface area contributed by atoms with Gasteiger partial charge in [-0.05, 0) is 31.6 Å². The highest BCUT2D eigenvalue weighted by atomic mass is 32.2. The van der Waals surface area contributed by atoms with Gasteiger partial charge in [0.25, 0.3) is 0 Å². The second kappa shape index (κ2) is 8.41. The Morgan fingerprint density at radius 3 is 2.52 bits per heavy atom. The van der Waals surface area contributed by atoms with Crippen LogP contribution < -0.4 is 5.73 Å². The number of carbonyl (C=O) groups is 1. The zero-order valence-corrected chi connectivity index (χ0v) is 13.7. The van der Waals surface area contributed by atoms with E-state index < -0.39 is 11.5 Å². The molecule has 1 aromatic rings. The summed E-state index contributed by atoms with van der Waals surface area (Å²) in [7, 11) is 0. The van der Waals surface area contributed by atoms with Crippen LogP contribution in [0.15, 0.2) is 30.3 Å². The normalized spacial score (nSPS) is 16.8. The third-order valence-corrected chi connectivity index (χ3v) is 4.84. The molecule has 0 aromatic heterocycles. The van der Waals surface area contributed by atoms with Gasteiger partial charge in [0, 0.05) is 5.25 Å². The Hall–Kier alpha value is -1.04. The van der Waals surface area contributed by atoms with E-state index in [0.717, 1.165) is 5.56 Å². The average Bonchev–Trinajstić information content (AvgIpc) is 2.47. The quantitative estimate of drug-likeness (QED) is 0.721. The van der Waals surface area contributed by atoms with E-state index in [1.807, 2.05) is 37.3 Å². The summed E-state index contributed by atoms with van der Waals surface area (Å²) in [6.45, 7) is 5.80. The largest absolute Gasteiger partial charge is 0.464 e. The Kier molecular flexibility index (Phi) is 7.22. The van der Waals surface area contributed by atoms with E-state index in [1.54, 1.807) is 25.6 Å². The van der Waals surface area contributed by atoms with Gasteiger partial charge in [0.05, 0.1) is 12.7 Å². The standard InChI is InChI=1S/C16H25NO3S/c1-4-20-15(19)16(17,14-8-6-5-7-9-14)10-11-21-13(3)12(2)18/h5-9,12-13,18H,4,10-11,17H2,1-3H3. The number of hydrogen-bond donors (Lipinski definition) is 2. The molecule has 0 bridgehead atoms. The number of hydrogen-bond acceptors (Lipinski definition) is 5. The number of thioether (sulfide) groups is 1. The van der Waals surface area contributed by atoms with Crippen LogP contribution in [0.4, 0.5) is 0 Å². The lowest BCUT2D eigenvalue weighted by Gasteiger charge is -2.28. The number of esters is 1. The molecule has 1 aromatic carbocycles. The summed E-state index contributed by atoms with van der Waals surface area (Å²) in [5.74, 6) is 0.275. The molecule has 0 fully saturated rings. The molecule has 0 saturated carbocycles. The van der Waals surface area contributed by atoms with Gasteiger partial charge in [-0.2, -0.15) is 11.8 Å². The molecule has 0 aliphatic rings. The van der Waals surface area contributed by atoms with Crippen LogP contribution in [-0.2, 0) is 15.1 Å². The molecular formula is C16H25NO3S. The van der Waals surface area contributed by atoms with Gasteiger partial charge in [-0.1, -0.05) is 37.3 Å². The molecule has 4 nitrogen and oxygen atoms in total. The number of aliphatic hydroxyl groups excluding tert-OH is 1. The summed E-state index contributed by atoms with van der Waals surface area (Å²) in [6.07, 6.45) is 0.0823. The molecule has 0 spiro atoms. The first kappa shape index (κ1) is 18.0.